The van der Waals surface area contributed by atoms with Crippen LogP contribution in [0.4, 0.5) is 13.2 Å². The van der Waals surface area contributed by atoms with Gasteiger partial charge in [0.15, 0.2) is 5.76 Å². The molecule has 2 aliphatic rings. The zero-order chi connectivity index (χ0) is 16.1. The zero-order valence-corrected chi connectivity index (χ0v) is 11.8. The number of halogens is 3. The van der Waals surface area contributed by atoms with Gasteiger partial charge in [-0.25, -0.2) is 0 Å². The number of carbonyl (C=O) groups excluding carboxylic acids is 1. The van der Waals surface area contributed by atoms with Crippen molar-refractivity contribution in [2.45, 2.75) is 38.1 Å². The Balaban J connectivity index is 2.04. The van der Waals surface area contributed by atoms with Crippen molar-refractivity contribution < 1.29 is 27.5 Å². The van der Waals surface area contributed by atoms with Gasteiger partial charge in [-0.3, -0.25) is 4.79 Å². The maximum absolute atomic E-state index is 13.5. The van der Waals surface area contributed by atoms with E-state index in [1.54, 1.807) is 0 Å². The molecule has 2 heterocycles. The van der Waals surface area contributed by atoms with Gasteiger partial charge in [-0.1, -0.05) is 6.92 Å². The molecule has 1 aliphatic heterocycles. The molecule has 3 rings (SSSR count). The number of nitrogens with zero attached hydrogens (tertiary/aromatic N) is 2. The summed E-state index contributed by atoms with van der Waals surface area (Å²) in [6.07, 6.45) is -2.67. The quantitative estimate of drug-likeness (QED) is 0.866. The first-order valence-electron chi connectivity index (χ1n) is 6.99. The van der Waals surface area contributed by atoms with Crippen molar-refractivity contribution in [3.8, 4) is 0 Å². The Labute approximate surface area is 124 Å². The fraction of sp³-hybridized carbons (Fsp3) is 0.571. The summed E-state index contributed by atoms with van der Waals surface area (Å²) >= 11 is 0. The van der Waals surface area contributed by atoms with Crippen LogP contribution in [-0.4, -0.2) is 33.6 Å². The molecule has 0 unspecified atom stereocenters. The molecule has 1 N–H and O–H groups in total. The highest BCUT2D eigenvalue weighted by atomic mass is 19.4. The van der Waals surface area contributed by atoms with Gasteiger partial charge in [0.05, 0.1) is 12.2 Å². The highest BCUT2D eigenvalue weighted by Gasteiger charge is 2.69. The van der Waals surface area contributed by atoms with Crippen molar-refractivity contribution in [3.05, 3.63) is 24.2 Å². The number of hydrogen-bond acceptors (Lipinski definition) is 4. The maximum atomic E-state index is 13.5. The molecular formula is C14H15F3N2O3. The summed E-state index contributed by atoms with van der Waals surface area (Å²) in [6, 6.07) is 2.63. The molecule has 8 heteroatoms. The van der Waals surface area contributed by atoms with Crippen LogP contribution in [0.25, 0.3) is 0 Å². The molecule has 1 fully saturated rings. The highest BCUT2D eigenvalue weighted by Crippen LogP contribution is 2.49. The summed E-state index contributed by atoms with van der Waals surface area (Å²) in [4.78, 5) is 12.3. The average molecular weight is 316 g/mol. The normalized spacial score (nSPS) is 31.9. The predicted molar refractivity (Wildman–Crippen MR) is 69.8 cm³/mol. The molecule has 0 spiro atoms. The molecular weight excluding hydrogens is 301 g/mol. The molecule has 0 saturated heterocycles. The van der Waals surface area contributed by atoms with Crippen molar-refractivity contribution in [1.29, 1.82) is 0 Å². The Kier molecular flexibility index (Phi) is 3.32. The Morgan fingerprint density at radius 1 is 1.55 bits per heavy atom. The van der Waals surface area contributed by atoms with Gasteiger partial charge in [-0.05, 0) is 37.3 Å². The molecule has 0 aromatic carbocycles. The van der Waals surface area contributed by atoms with Crippen LogP contribution in [0.2, 0.25) is 0 Å². The number of rotatable bonds is 1. The molecule has 1 saturated carbocycles. The number of alkyl halides is 3. The summed E-state index contributed by atoms with van der Waals surface area (Å²) in [5.74, 6) is -2.59. The molecule has 1 aromatic rings. The van der Waals surface area contributed by atoms with E-state index in [2.05, 4.69) is 5.10 Å². The molecule has 1 aromatic heterocycles. The monoisotopic (exact) mass is 316 g/mol. The van der Waals surface area contributed by atoms with Crippen LogP contribution in [0.3, 0.4) is 0 Å². The van der Waals surface area contributed by atoms with Gasteiger partial charge >= 0.3 is 12.1 Å². The van der Waals surface area contributed by atoms with E-state index in [1.807, 2.05) is 6.92 Å². The highest BCUT2D eigenvalue weighted by molar-refractivity contribution is 5.97. The van der Waals surface area contributed by atoms with E-state index >= 15 is 0 Å². The smallest absolute Gasteiger partial charge is 0.439 e. The number of furan rings is 1. The third-order valence-corrected chi connectivity index (χ3v) is 4.31. The summed E-state index contributed by atoms with van der Waals surface area (Å²) < 4.78 is 45.5. The number of amides is 1. The predicted octanol–water partition coefficient (Wildman–Crippen LogP) is 2.78. The summed E-state index contributed by atoms with van der Waals surface area (Å²) in [6.45, 7) is 1.82. The molecule has 0 bridgehead atoms. The number of hydrogen-bond donors (Lipinski definition) is 1. The van der Waals surface area contributed by atoms with E-state index in [0.29, 0.717) is 12.8 Å². The van der Waals surface area contributed by atoms with Gasteiger partial charge in [0.25, 0.3) is 5.72 Å². The first-order valence-corrected chi connectivity index (χ1v) is 6.99. The van der Waals surface area contributed by atoms with E-state index < -0.39 is 23.7 Å². The lowest BCUT2D eigenvalue weighted by molar-refractivity contribution is -0.313. The number of fused-ring (bicyclic) bond motifs is 1. The second-order valence-electron chi connectivity index (χ2n) is 5.84. The van der Waals surface area contributed by atoms with Gasteiger partial charge in [-0.15, -0.1) is 0 Å². The van der Waals surface area contributed by atoms with E-state index in [0.717, 1.165) is 0 Å². The fourth-order valence-electron chi connectivity index (χ4n) is 3.12. The molecule has 3 atom stereocenters. The van der Waals surface area contributed by atoms with Crippen LogP contribution >= 0.6 is 0 Å². The van der Waals surface area contributed by atoms with Crippen LogP contribution in [0.15, 0.2) is 27.9 Å². The standard InChI is InChI=1S/C14H15F3N2O3/c1-8-4-5-10-9(7-8)13(21,14(15,16)17)19(18-10)12(20)11-3-2-6-22-11/h2-3,6,8-9,21H,4-5,7H2,1H3/t8-,9-,13+/m1/s1. The van der Waals surface area contributed by atoms with E-state index in [-0.39, 0.29) is 28.8 Å². The third kappa shape index (κ3) is 2.05. The minimum absolute atomic E-state index is 0.0245. The lowest BCUT2D eigenvalue weighted by Gasteiger charge is -2.39. The second-order valence-corrected chi connectivity index (χ2v) is 5.84. The van der Waals surface area contributed by atoms with Crippen molar-refractivity contribution in [3.63, 3.8) is 0 Å². The first kappa shape index (κ1) is 15.1. The van der Waals surface area contributed by atoms with Gasteiger partial charge in [0, 0.05) is 5.71 Å². The fourth-order valence-corrected chi connectivity index (χ4v) is 3.12. The average Bonchev–Trinajstić information content (AvgIpc) is 3.05. The first-order chi connectivity index (χ1) is 10.2. The number of aliphatic hydroxyl groups is 1. The van der Waals surface area contributed by atoms with Crippen LogP contribution in [0.1, 0.15) is 36.7 Å². The van der Waals surface area contributed by atoms with Crippen LogP contribution in [-0.2, 0) is 0 Å². The van der Waals surface area contributed by atoms with Crippen LogP contribution < -0.4 is 0 Å². The molecule has 1 aliphatic carbocycles. The topological polar surface area (TPSA) is 66.0 Å². The van der Waals surface area contributed by atoms with Crippen molar-refractivity contribution in [2.75, 3.05) is 0 Å². The Morgan fingerprint density at radius 3 is 2.86 bits per heavy atom. The van der Waals surface area contributed by atoms with Gasteiger partial charge < -0.3 is 9.52 Å². The minimum atomic E-state index is -5.01. The molecule has 5 nitrogen and oxygen atoms in total. The zero-order valence-electron chi connectivity index (χ0n) is 11.8. The van der Waals surface area contributed by atoms with Crippen LogP contribution in [0, 0.1) is 11.8 Å². The van der Waals surface area contributed by atoms with Crippen LogP contribution in [0.5, 0.6) is 0 Å². The maximum Gasteiger partial charge on any atom is 0.439 e. The summed E-state index contributed by atoms with van der Waals surface area (Å²) in [5, 5.41) is 14.3. The lowest BCUT2D eigenvalue weighted by Crippen LogP contribution is -2.61. The van der Waals surface area contributed by atoms with Crippen molar-refractivity contribution in [2.24, 2.45) is 16.9 Å². The van der Waals surface area contributed by atoms with E-state index in [4.69, 9.17) is 4.42 Å². The third-order valence-electron chi connectivity index (χ3n) is 4.31. The van der Waals surface area contributed by atoms with Gasteiger partial charge in [0.1, 0.15) is 0 Å². The Morgan fingerprint density at radius 2 is 2.27 bits per heavy atom. The number of hydrazone groups is 1. The summed E-state index contributed by atoms with van der Waals surface area (Å²) in [5.41, 5.74) is -3.10. The molecule has 1 amide bonds. The SMILES string of the molecule is C[C@@H]1CCC2=NN(C(=O)c3ccco3)[C@@](O)(C(F)(F)F)[C@@H]2C1. The Hall–Kier alpha value is -1.83. The molecule has 0 radical (unpaired) electrons. The second kappa shape index (κ2) is 4.84. The lowest BCUT2D eigenvalue weighted by atomic mass is 9.76. The van der Waals surface area contributed by atoms with E-state index in [1.165, 1.54) is 18.4 Å². The van der Waals surface area contributed by atoms with Crippen molar-refractivity contribution in [1.82, 2.24) is 5.01 Å². The van der Waals surface area contributed by atoms with E-state index in [9.17, 15) is 23.1 Å². The molecule has 120 valence electrons. The number of carbonyl (C=O) groups is 1. The van der Waals surface area contributed by atoms with Gasteiger partial charge in [0.2, 0.25) is 0 Å². The molecule has 22 heavy (non-hydrogen) atoms. The minimum Gasteiger partial charge on any atom is -0.459 e. The van der Waals surface area contributed by atoms with Crippen molar-refractivity contribution >= 4 is 11.6 Å². The van der Waals surface area contributed by atoms with Gasteiger partial charge in [-0.2, -0.15) is 23.3 Å². The largest absolute Gasteiger partial charge is 0.459 e. The Bertz CT molecular complexity index is 611. The summed E-state index contributed by atoms with van der Waals surface area (Å²) in [7, 11) is 0.